The summed E-state index contributed by atoms with van der Waals surface area (Å²) in [5, 5.41) is 4.60. The number of thiazole rings is 1. The Labute approximate surface area is 129 Å². The van der Waals surface area contributed by atoms with Crippen molar-refractivity contribution in [2.24, 2.45) is 0 Å². The number of amides is 1. The van der Waals surface area contributed by atoms with E-state index in [4.69, 9.17) is 0 Å². The molecular weight excluding hydrogens is 314 g/mol. The lowest BCUT2D eigenvalue weighted by atomic mass is 10.1. The topological polar surface area (TPSA) is 42.0 Å². The van der Waals surface area contributed by atoms with Gasteiger partial charge in [0.15, 0.2) is 4.34 Å². The lowest BCUT2D eigenvalue weighted by Gasteiger charge is -2.14. The van der Waals surface area contributed by atoms with Gasteiger partial charge < -0.3 is 5.32 Å². The number of carbonyl (C=O) groups is 1. The molecule has 0 aliphatic heterocycles. The van der Waals surface area contributed by atoms with Gasteiger partial charge in [-0.15, -0.1) is 11.3 Å². The summed E-state index contributed by atoms with van der Waals surface area (Å²) in [7, 11) is 0. The summed E-state index contributed by atoms with van der Waals surface area (Å²) in [5.74, 6) is -1.31. The molecule has 2 rings (SSSR count). The van der Waals surface area contributed by atoms with E-state index in [1.165, 1.54) is 35.2 Å². The van der Waals surface area contributed by atoms with Crippen LogP contribution in [0.2, 0.25) is 0 Å². The molecule has 1 heterocycles. The van der Waals surface area contributed by atoms with Gasteiger partial charge in [0.05, 0.1) is 11.8 Å². The fourth-order valence-electron chi connectivity index (χ4n) is 1.74. The molecule has 3 nitrogen and oxygen atoms in total. The fraction of sp³-hybridized carbons (Fsp3) is 0.286. The maximum Gasteiger partial charge on any atom is 0.230 e. The Morgan fingerprint density at radius 1 is 1.48 bits per heavy atom. The number of hydrogen-bond acceptors (Lipinski definition) is 4. The number of thioether (sulfide) groups is 1. The molecule has 0 saturated carbocycles. The van der Waals surface area contributed by atoms with Crippen molar-refractivity contribution in [1.29, 1.82) is 0 Å². The molecule has 112 valence electrons. The standard InChI is InChI=1S/C14H14F2N2OS2/c1-8-6-20-14(17-8)21-7-13(19)18-9(2)11-4-3-10(15)5-12(11)16/h3-6,9H,7H2,1-2H3,(H,18,19)/t9-/m0/s1. The molecule has 1 atom stereocenters. The number of nitrogens with zero attached hydrogens (tertiary/aromatic N) is 1. The number of hydrogen-bond donors (Lipinski definition) is 1. The van der Waals surface area contributed by atoms with Crippen LogP contribution in [0.5, 0.6) is 0 Å². The molecule has 1 N–H and O–H groups in total. The molecule has 0 aliphatic rings. The van der Waals surface area contributed by atoms with Crippen LogP contribution in [-0.2, 0) is 4.79 Å². The largest absolute Gasteiger partial charge is 0.349 e. The van der Waals surface area contributed by atoms with E-state index in [0.717, 1.165) is 16.1 Å². The molecule has 2 aromatic rings. The van der Waals surface area contributed by atoms with Crippen molar-refractivity contribution in [3.05, 3.63) is 46.5 Å². The van der Waals surface area contributed by atoms with Crippen molar-refractivity contribution in [2.45, 2.75) is 24.2 Å². The van der Waals surface area contributed by atoms with E-state index in [2.05, 4.69) is 10.3 Å². The third-order valence-electron chi connectivity index (χ3n) is 2.73. The normalized spacial score (nSPS) is 12.2. The maximum atomic E-state index is 13.6. The second kappa shape index (κ2) is 7.00. The third-order valence-corrected chi connectivity index (χ3v) is 4.87. The van der Waals surface area contributed by atoms with Gasteiger partial charge in [0, 0.05) is 22.7 Å². The van der Waals surface area contributed by atoms with Gasteiger partial charge in [-0.25, -0.2) is 13.8 Å². The Morgan fingerprint density at radius 2 is 2.24 bits per heavy atom. The second-order valence-electron chi connectivity index (χ2n) is 4.50. The van der Waals surface area contributed by atoms with E-state index in [1.54, 1.807) is 6.92 Å². The van der Waals surface area contributed by atoms with Crippen LogP contribution in [0.25, 0.3) is 0 Å². The highest BCUT2D eigenvalue weighted by atomic mass is 32.2. The molecule has 0 bridgehead atoms. The molecule has 0 radical (unpaired) electrons. The Balaban J connectivity index is 1.89. The predicted molar refractivity (Wildman–Crippen MR) is 80.5 cm³/mol. The van der Waals surface area contributed by atoms with Gasteiger partial charge in [-0.05, 0) is 19.9 Å². The molecule has 1 aromatic heterocycles. The van der Waals surface area contributed by atoms with Gasteiger partial charge in [-0.3, -0.25) is 4.79 Å². The minimum atomic E-state index is -0.661. The first-order valence-electron chi connectivity index (χ1n) is 6.25. The monoisotopic (exact) mass is 328 g/mol. The van der Waals surface area contributed by atoms with Crippen LogP contribution in [0.3, 0.4) is 0 Å². The van der Waals surface area contributed by atoms with Crippen LogP contribution in [0, 0.1) is 18.6 Å². The smallest absolute Gasteiger partial charge is 0.230 e. The molecule has 0 spiro atoms. The van der Waals surface area contributed by atoms with E-state index >= 15 is 0 Å². The van der Waals surface area contributed by atoms with Crippen LogP contribution < -0.4 is 5.32 Å². The van der Waals surface area contributed by atoms with Gasteiger partial charge in [0.1, 0.15) is 11.6 Å². The van der Waals surface area contributed by atoms with Crippen LogP contribution in [0.4, 0.5) is 8.78 Å². The lowest BCUT2D eigenvalue weighted by Crippen LogP contribution is -2.28. The lowest BCUT2D eigenvalue weighted by molar-refractivity contribution is -0.119. The maximum absolute atomic E-state index is 13.6. The zero-order chi connectivity index (χ0) is 15.4. The van der Waals surface area contributed by atoms with Crippen molar-refractivity contribution < 1.29 is 13.6 Å². The van der Waals surface area contributed by atoms with E-state index in [1.807, 2.05) is 12.3 Å². The Bertz CT molecular complexity index is 646. The van der Waals surface area contributed by atoms with Crippen molar-refractivity contribution in [1.82, 2.24) is 10.3 Å². The van der Waals surface area contributed by atoms with Crippen molar-refractivity contribution in [2.75, 3.05) is 5.75 Å². The van der Waals surface area contributed by atoms with Gasteiger partial charge >= 0.3 is 0 Å². The summed E-state index contributed by atoms with van der Waals surface area (Å²) in [6.07, 6.45) is 0. The van der Waals surface area contributed by atoms with Gasteiger partial charge in [0.2, 0.25) is 5.91 Å². The molecule has 7 heteroatoms. The highest BCUT2D eigenvalue weighted by Gasteiger charge is 2.14. The number of rotatable bonds is 5. The first-order chi connectivity index (χ1) is 9.95. The average molecular weight is 328 g/mol. The first-order valence-corrected chi connectivity index (χ1v) is 8.11. The zero-order valence-corrected chi connectivity index (χ0v) is 13.2. The van der Waals surface area contributed by atoms with Crippen LogP contribution >= 0.6 is 23.1 Å². The third kappa shape index (κ3) is 4.50. The first kappa shape index (κ1) is 15.9. The summed E-state index contributed by atoms with van der Waals surface area (Å²) in [4.78, 5) is 16.1. The van der Waals surface area contributed by atoms with Crippen molar-refractivity contribution in [3.8, 4) is 0 Å². The summed E-state index contributed by atoms with van der Waals surface area (Å²) in [6.45, 7) is 3.55. The number of aryl methyl sites for hydroxylation is 1. The van der Waals surface area contributed by atoms with E-state index in [9.17, 15) is 13.6 Å². The van der Waals surface area contributed by atoms with Crippen LogP contribution in [0.1, 0.15) is 24.2 Å². The number of halogens is 2. The highest BCUT2D eigenvalue weighted by molar-refractivity contribution is 8.01. The van der Waals surface area contributed by atoms with E-state index in [-0.39, 0.29) is 17.2 Å². The average Bonchev–Trinajstić information content (AvgIpc) is 2.82. The van der Waals surface area contributed by atoms with E-state index < -0.39 is 17.7 Å². The Kier molecular flexibility index (Phi) is 5.30. The number of aromatic nitrogens is 1. The van der Waals surface area contributed by atoms with Crippen LogP contribution in [0.15, 0.2) is 27.9 Å². The molecule has 0 unspecified atom stereocenters. The molecular formula is C14H14F2N2OS2. The minimum Gasteiger partial charge on any atom is -0.349 e. The van der Waals surface area contributed by atoms with Gasteiger partial charge in [-0.2, -0.15) is 0 Å². The molecule has 0 saturated heterocycles. The van der Waals surface area contributed by atoms with Crippen molar-refractivity contribution in [3.63, 3.8) is 0 Å². The Morgan fingerprint density at radius 3 is 2.86 bits per heavy atom. The SMILES string of the molecule is Cc1csc(SCC(=O)N[C@@H](C)c2ccc(F)cc2F)n1. The van der Waals surface area contributed by atoms with Crippen molar-refractivity contribution >= 4 is 29.0 Å². The molecule has 21 heavy (non-hydrogen) atoms. The van der Waals surface area contributed by atoms with E-state index in [0.29, 0.717) is 0 Å². The highest BCUT2D eigenvalue weighted by Crippen LogP contribution is 2.23. The summed E-state index contributed by atoms with van der Waals surface area (Å²) >= 11 is 2.82. The second-order valence-corrected chi connectivity index (χ2v) is 6.58. The Hall–Kier alpha value is -1.47. The van der Waals surface area contributed by atoms with Gasteiger partial charge in [0.25, 0.3) is 0 Å². The number of benzene rings is 1. The number of nitrogens with one attached hydrogen (secondary N) is 1. The van der Waals surface area contributed by atoms with Crippen LogP contribution in [-0.4, -0.2) is 16.6 Å². The summed E-state index contributed by atoms with van der Waals surface area (Å²) in [6, 6.07) is 2.81. The molecule has 1 amide bonds. The fourth-order valence-corrected chi connectivity index (χ4v) is 3.40. The number of carbonyl (C=O) groups excluding carboxylic acids is 1. The summed E-state index contributed by atoms with van der Waals surface area (Å²) < 4.78 is 27.3. The summed E-state index contributed by atoms with van der Waals surface area (Å²) in [5.41, 5.74) is 1.18. The minimum absolute atomic E-state index is 0.208. The van der Waals surface area contributed by atoms with Gasteiger partial charge in [-0.1, -0.05) is 17.8 Å². The molecule has 0 fully saturated rings. The quantitative estimate of drug-likeness (QED) is 0.851. The zero-order valence-electron chi connectivity index (χ0n) is 11.5. The molecule has 0 aliphatic carbocycles. The predicted octanol–water partition coefficient (Wildman–Crippen LogP) is 3.70. The molecule has 1 aromatic carbocycles.